The van der Waals surface area contributed by atoms with E-state index in [4.69, 9.17) is 9.63 Å². The molecule has 2 fully saturated rings. The lowest BCUT2D eigenvalue weighted by atomic mass is 10.00. The van der Waals surface area contributed by atoms with Gasteiger partial charge in [-0.15, -0.1) is 0 Å². The summed E-state index contributed by atoms with van der Waals surface area (Å²) in [5, 5.41) is 22.1. The zero-order valence-corrected chi connectivity index (χ0v) is 9.95. The summed E-state index contributed by atoms with van der Waals surface area (Å²) >= 11 is 0. The third kappa shape index (κ3) is 2.02. The number of carboxylic acid groups (broad SMARTS) is 1. The zero-order chi connectivity index (χ0) is 12.7. The smallest absolute Gasteiger partial charge is 0.358 e. The lowest BCUT2D eigenvalue weighted by Crippen LogP contribution is -2.24. The molecule has 18 heavy (non-hydrogen) atoms. The topological polar surface area (TPSA) is 86.8 Å². The van der Waals surface area contributed by atoms with E-state index in [0.29, 0.717) is 24.1 Å². The van der Waals surface area contributed by atoms with Gasteiger partial charge in [0, 0.05) is 25.1 Å². The average Bonchev–Trinajstić information content (AvgIpc) is 2.98. The number of likely N-dealkylation sites (tertiary alicyclic amines) is 1. The van der Waals surface area contributed by atoms with Crippen molar-refractivity contribution >= 4 is 5.97 Å². The second-order valence-corrected chi connectivity index (χ2v) is 5.25. The molecule has 1 saturated carbocycles. The summed E-state index contributed by atoms with van der Waals surface area (Å²) in [6, 6.07) is 1.47. The lowest BCUT2D eigenvalue weighted by Gasteiger charge is -2.15. The Bertz CT molecular complexity index is 459. The Balaban J connectivity index is 1.62. The predicted octanol–water partition coefficient (Wildman–Crippen LogP) is 0.576. The van der Waals surface area contributed by atoms with E-state index < -0.39 is 5.97 Å². The second-order valence-electron chi connectivity index (χ2n) is 5.25. The highest BCUT2D eigenvalue weighted by atomic mass is 16.5. The molecule has 2 N–H and O–H groups in total. The average molecular weight is 252 g/mol. The van der Waals surface area contributed by atoms with Gasteiger partial charge < -0.3 is 14.7 Å². The molecule has 0 amide bonds. The summed E-state index contributed by atoms with van der Waals surface area (Å²) in [6.45, 7) is 2.37. The van der Waals surface area contributed by atoms with Crippen LogP contribution in [-0.2, 0) is 6.54 Å². The molecule has 1 aromatic rings. The van der Waals surface area contributed by atoms with Gasteiger partial charge >= 0.3 is 5.97 Å². The highest BCUT2D eigenvalue weighted by Gasteiger charge is 2.41. The Morgan fingerprint density at radius 2 is 2.33 bits per heavy atom. The largest absolute Gasteiger partial charge is 0.476 e. The Hall–Kier alpha value is -1.40. The monoisotopic (exact) mass is 252 g/mol. The molecular weight excluding hydrogens is 236 g/mol. The van der Waals surface area contributed by atoms with Crippen molar-refractivity contribution in [2.75, 3.05) is 13.1 Å². The van der Waals surface area contributed by atoms with Gasteiger partial charge in [-0.05, 0) is 18.8 Å². The molecule has 0 bridgehead atoms. The Kier molecular flexibility index (Phi) is 2.83. The molecule has 98 valence electrons. The molecule has 2 aliphatic rings. The number of aromatic nitrogens is 1. The van der Waals surface area contributed by atoms with Crippen LogP contribution in [-0.4, -0.2) is 45.4 Å². The van der Waals surface area contributed by atoms with Crippen molar-refractivity contribution in [3.05, 3.63) is 17.5 Å². The van der Waals surface area contributed by atoms with Crippen LogP contribution in [0.4, 0.5) is 0 Å². The van der Waals surface area contributed by atoms with E-state index in [2.05, 4.69) is 10.1 Å². The minimum Gasteiger partial charge on any atom is -0.476 e. The second kappa shape index (κ2) is 4.37. The number of aliphatic hydroxyl groups excluding tert-OH is 1. The van der Waals surface area contributed by atoms with Crippen molar-refractivity contribution in [2.24, 2.45) is 11.8 Å². The quantitative estimate of drug-likeness (QED) is 0.818. The van der Waals surface area contributed by atoms with Crippen LogP contribution < -0.4 is 0 Å². The maximum atomic E-state index is 10.7. The fourth-order valence-electron chi connectivity index (χ4n) is 3.17. The third-order valence-corrected chi connectivity index (χ3v) is 4.05. The molecule has 6 heteroatoms. The SMILES string of the molecule is O=C(O)c1cc(CN2CC3CCC(O)C3C2)on1. The van der Waals surface area contributed by atoms with Crippen molar-refractivity contribution in [1.82, 2.24) is 10.1 Å². The number of aliphatic hydroxyl groups is 1. The molecule has 3 rings (SSSR count). The normalized spacial score (nSPS) is 31.7. The van der Waals surface area contributed by atoms with E-state index in [1.807, 2.05) is 0 Å². The molecule has 3 atom stereocenters. The molecule has 6 nitrogen and oxygen atoms in total. The first-order valence-electron chi connectivity index (χ1n) is 6.23. The highest BCUT2D eigenvalue weighted by molar-refractivity contribution is 5.85. The predicted molar refractivity (Wildman–Crippen MR) is 61.0 cm³/mol. The van der Waals surface area contributed by atoms with Crippen molar-refractivity contribution < 1.29 is 19.5 Å². The fraction of sp³-hybridized carbons (Fsp3) is 0.667. The van der Waals surface area contributed by atoms with Gasteiger partial charge in [-0.1, -0.05) is 5.16 Å². The Labute approximate surface area is 104 Å². The van der Waals surface area contributed by atoms with Crippen LogP contribution in [0.25, 0.3) is 0 Å². The van der Waals surface area contributed by atoms with Crippen LogP contribution >= 0.6 is 0 Å². The Morgan fingerprint density at radius 1 is 1.50 bits per heavy atom. The molecule has 0 radical (unpaired) electrons. The first kappa shape index (κ1) is 11.7. The number of hydrogen-bond donors (Lipinski definition) is 2. The molecule has 2 heterocycles. The van der Waals surface area contributed by atoms with Crippen molar-refractivity contribution in [3.63, 3.8) is 0 Å². The van der Waals surface area contributed by atoms with Gasteiger partial charge in [0.25, 0.3) is 0 Å². The van der Waals surface area contributed by atoms with Gasteiger partial charge in [-0.2, -0.15) is 0 Å². The van der Waals surface area contributed by atoms with E-state index in [-0.39, 0.29) is 11.8 Å². The van der Waals surface area contributed by atoms with E-state index in [9.17, 15) is 9.90 Å². The summed E-state index contributed by atoms with van der Waals surface area (Å²) in [7, 11) is 0. The maximum Gasteiger partial charge on any atom is 0.358 e. The molecule has 1 saturated heterocycles. The molecule has 1 aliphatic heterocycles. The van der Waals surface area contributed by atoms with Gasteiger partial charge in [0.1, 0.15) is 0 Å². The van der Waals surface area contributed by atoms with E-state index in [0.717, 1.165) is 25.9 Å². The van der Waals surface area contributed by atoms with E-state index >= 15 is 0 Å². The van der Waals surface area contributed by atoms with Crippen molar-refractivity contribution in [2.45, 2.75) is 25.5 Å². The summed E-state index contributed by atoms with van der Waals surface area (Å²) < 4.78 is 5.00. The zero-order valence-electron chi connectivity index (χ0n) is 9.95. The van der Waals surface area contributed by atoms with Crippen molar-refractivity contribution in [1.29, 1.82) is 0 Å². The lowest BCUT2D eigenvalue weighted by molar-refractivity contribution is 0.0685. The summed E-state index contributed by atoms with van der Waals surface area (Å²) in [5.74, 6) is 0.439. The molecule has 3 unspecified atom stereocenters. The molecule has 0 spiro atoms. The molecular formula is C12H16N2O4. The van der Waals surface area contributed by atoms with Crippen LogP contribution in [0.2, 0.25) is 0 Å². The van der Waals surface area contributed by atoms with Crippen LogP contribution in [0.15, 0.2) is 10.6 Å². The maximum absolute atomic E-state index is 10.7. The summed E-state index contributed by atoms with van der Waals surface area (Å²) in [4.78, 5) is 12.9. The van der Waals surface area contributed by atoms with Gasteiger partial charge in [-0.3, -0.25) is 4.90 Å². The molecule has 0 aromatic carbocycles. The number of fused-ring (bicyclic) bond motifs is 1. The van der Waals surface area contributed by atoms with Gasteiger partial charge in [-0.25, -0.2) is 4.79 Å². The Morgan fingerprint density at radius 3 is 3.00 bits per heavy atom. The van der Waals surface area contributed by atoms with E-state index in [1.54, 1.807) is 0 Å². The summed E-state index contributed by atoms with van der Waals surface area (Å²) in [5.41, 5.74) is -0.0515. The minimum absolute atomic E-state index is 0.0515. The van der Waals surface area contributed by atoms with Gasteiger partial charge in [0.05, 0.1) is 12.6 Å². The van der Waals surface area contributed by atoms with Gasteiger partial charge in [0.2, 0.25) is 0 Å². The number of rotatable bonds is 3. The van der Waals surface area contributed by atoms with Crippen molar-refractivity contribution in [3.8, 4) is 0 Å². The first-order valence-corrected chi connectivity index (χ1v) is 6.23. The van der Waals surface area contributed by atoms with Crippen LogP contribution in [0, 0.1) is 11.8 Å². The number of carbonyl (C=O) groups is 1. The minimum atomic E-state index is -1.07. The van der Waals surface area contributed by atoms with Crippen LogP contribution in [0.3, 0.4) is 0 Å². The fourth-order valence-corrected chi connectivity index (χ4v) is 3.17. The molecule has 1 aromatic heterocycles. The third-order valence-electron chi connectivity index (χ3n) is 4.05. The first-order chi connectivity index (χ1) is 8.63. The van der Waals surface area contributed by atoms with Crippen LogP contribution in [0.1, 0.15) is 29.1 Å². The van der Waals surface area contributed by atoms with Crippen LogP contribution in [0.5, 0.6) is 0 Å². The highest BCUT2D eigenvalue weighted by Crippen LogP contribution is 2.38. The number of hydrogen-bond acceptors (Lipinski definition) is 5. The number of carboxylic acids is 1. The summed E-state index contributed by atoms with van der Waals surface area (Å²) in [6.07, 6.45) is 1.82. The van der Waals surface area contributed by atoms with E-state index in [1.165, 1.54) is 6.07 Å². The standard InChI is InChI=1S/C12H16N2O4/c15-11-2-1-7-4-14(6-9(7)11)5-8-3-10(12(16)17)13-18-8/h3,7,9,11,15H,1-2,4-6H2,(H,16,17). The van der Waals surface area contributed by atoms with Gasteiger partial charge in [0.15, 0.2) is 11.5 Å². The number of nitrogens with zero attached hydrogens (tertiary/aromatic N) is 2. The number of aromatic carboxylic acids is 1. The molecule has 1 aliphatic carbocycles.